The Morgan fingerprint density at radius 2 is 2.28 bits per heavy atom. The molecule has 94 valence electrons. The normalized spacial score (nSPS) is 17.5. The number of nitrogens with two attached hydrogens (primary N) is 1. The van der Waals surface area contributed by atoms with Crippen molar-refractivity contribution in [2.45, 2.75) is 18.9 Å². The van der Waals surface area contributed by atoms with Gasteiger partial charge in [-0.1, -0.05) is 23.4 Å². The number of rotatable bonds is 4. The topological polar surface area (TPSA) is 66.0 Å². The maximum atomic E-state index is 5.66. The van der Waals surface area contributed by atoms with Crippen LogP contribution in [-0.4, -0.2) is 28.1 Å². The van der Waals surface area contributed by atoms with E-state index in [9.17, 15) is 0 Å². The Morgan fingerprint density at radius 1 is 1.39 bits per heavy atom. The number of hydrogen-bond acceptors (Lipinski definition) is 4. The quantitative estimate of drug-likeness (QED) is 0.869. The average molecular weight is 244 g/mol. The molecule has 0 saturated carbocycles. The van der Waals surface area contributed by atoms with Gasteiger partial charge in [0.05, 0.1) is 18.8 Å². The van der Waals surface area contributed by atoms with Crippen LogP contribution in [0.1, 0.15) is 17.2 Å². The number of benzene rings is 1. The molecule has 0 bridgehead atoms. The molecule has 18 heavy (non-hydrogen) atoms. The Kier molecular flexibility index (Phi) is 2.98. The molecule has 1 atom stereocenters. The van der Waals surface area contributed by atoms with Crippen molar-refractivity contribution in [1.29, 1.82) is 0 Å². The van der Waals surface area contributed by atoms with Crippen LogP contribution in [0.5, 0.6) is 5.75 Å². The molecule has 1 aromatic heterocycles. The summed E-state index contributed by atoms with van der Waals surface area (Å²) in [6, 6.07) is 8.17. The molecule has 1 unspecified atom stereocenters. The van der Waals surface area contributed by atoms with E-state index in [1.807, 2.05) is 29.1 Å². The van der Waals surface area contributed by atoms with E-state index in [-0.39, 0.29) is 0 Å². The number of nitrogens with zero attached hydrogens (tertiary/aromatic N) is 3. The van der Waals surface area contributed by atoms with Crippen molar-refractivity contribution in [1.82, 2.24) is 15.0 Å². The lowest BCUT2D eigenvalue weighted by atomic mass is 10.0. The zero-order valence-corrected chi connectivity index (χ0v) is 10.1. The third-order valence-electron chi connectivity index (χ3n) is 3.19. The van der Waals surface area contributed by atoms with E-state index in [2.05, 4.69) is 16.4 Å². The Hall–Kier alpha value is -1.88. The minimum absolute atomic E-state index is 0.355. The Morgan fingerprint density at radius 3 is 3.17 bits per heavy atom. The van der Waals surface area contributed by atoms with E-state index in [0.29, 0.717) is 19.1 Å². The first-order chi connectivity index (χ1) is 8.86. The van der Waals surface area contributed by atoms with Crippen LogP contribution in [0.4, 0.5) is 0 Å². The Balaban J connectivity index is 1.73. The molecule has 5 heteroatoms. The summed E-state index contributed by atoms with van der Waals surface area (Å²) in [6.07, 6.45) is 2.74. The van der Waals surface area contributed by atoms with Gasteiger partial charge in [-0.25, -0.2) is 0 Å². The zero-order chi connectivity index (χ0) is 12.4. The number of hydrogen-bond donors (Lipinski definition) is 1. The Labute approximate surface area is 106 Å². The van der Waals surface area contributed by atoms with Crippen LogP contribution in [0.2, 0.25) is 0 Å². The van der Waals surface area contributed by atoms with Gasteiger partial charge in [-0.05, 0) is 12.6 Å². The molecule has 1 aliphatic heterocycles. The van der Waals surface area contributed by atoms with Crippen molar-refractivity contribution >= 4 is 0 Å². The highest BCUT2D eigenvalue weighted by Crippen LogP contribution is 2.34. The van der Waals surface area contributed by atoms with Crippen molar-refractivity contribution in [3.05, 3.63) is 41.7 Å². The lowest BCUT2D eigenvalue weighted by molar-refractivity contribution is 0.314. The average Bonchev–Trinajstić information content (AvgIpc) is 2.99. The number of para-hydroxylation sites is 1. The van der Waals surface area contributed by atoms with E-state index in [0.717, 1.165) is 24.4 Å². The summed E-state index contributed by atoms with van der Waals surface area (Å²) in [6.45, 7) is 2.12. The first-order valence-electron chi connectivity index (χ1n) is 6.17. The monoisotopic (exact) mass is 244 g/mol. The van der Waals surface area contributed by atoms with Crippen molar-refractivity contribution in [3.63, 3.8) is 0 Å². The number of aromatic nitrogens is 3. The maximum absolute atomic E-state index is 5.66. The fourth-order valence-electron chi connectivity index (χ4n) is 2.30. The van der Waals surface area contributed by atoms with Gasteiger partial charge >= 0.3 is 0 Å². The molecule has 0 spiro atoms. The summed E-state index contributed by atoms with van der Waals surface area (Å²) in [5, 5.41) is 8.22. The smallest absolute Gasteiger partial charge is 0.122 e. The molecule has 2 aromatic rings. The third-order valence-corrected chi connectivity index (χ3v) is 3.19. The molecular weight excluding hydrogens is 228 g/mol. The molecule has 0 fully saturated rings. The fourth-order valence-corrected chi connectivity index (χ4v) is 2.30. The Bertz CT molecular complexity index is 537. The van der Waals surface area contributed by atoms with Gasteiger partial charge in [0.15, 0.2) is 0 Å². The molecule has 0 saturated heterocycles. The minimum Gasteiger partial charge on any atom is -0.493 e. The first kappa shape index (κ1) is 11.2. The van der Waals surface area contributed by atoms with E-state index in [1.54, 1.807) is 0 Å². The molecule has 0 aliphatic carbocycles. The predicted octanol–water partition coefficient (Wildman–Crippen LogP) is 0.955. The second kappa shape index (κ2) is 4.78. The summed E-state index contributed by atoms with van der Waals surface area (Å²) >= 11 is 0. The van der Waals surface area contributed by atoms with Gasteiger partial charge in [0.2, 0.25) is 0 Å². The van der Waals surface area contributed by atoms with Crippen LogP contribution in [0.3, 0.4) is 0 Å². The van der Waals surface area contributed by atoms with Gasteiger partial charge in [-0.2, -0.15) is 0 Å². The van der Waals surface area contributed by atoms with Crippen LogP contribution in [0.15, 0.2) is 30.5 Å². The lowest BCUT2D eigenvalue weighted by Gasteiger charge is -2.07. The largest absolute Gasteiger partial charge is 0.493 e. The summed E-state index contributed by atoms with van der Waals surface area (Å²) in [4.78, 5) is 0. The van der Waals surface area contributed by atoms with Crippen molar-refractivity contribution in [3.8, 4) is 5.75 Å². The second-order valence-electron chi connectivity index (χ2n) is 4.52. The SMILES string of the molecule is NCCc1cn(CC2COc3ccccc32)nn1. The number of fused-ring (bicyclic) bond motifs is 1. The highest BCUT2D eigenvalue weighted by atomic mass is 16.5. The van der Waals surface area contributed by atoms with Crippen molar-refractivity contribution < 1.29 is 4.74 Å². The molecule has 1 aliphatic rings. The molecule has 5 nitrogen and oxygen atoms in total. The van der Waals surface area contributed by atoms with E-state index < -0.39 is 0 Å². The van der Waals surface area contributed by atoms with E-state index >= 15 is 0 Å². The van der Waals surface area contributed by atoms with Crippen molar-refractivity contribution in [2.75, 3.05) is 13.2 Å². The highest BCUT2D eigenvalue weighted by molar-refractivity contribution is 5.39. The van der Waals surface area contributed by atoms with Gasteiger partial charge in [0.1, 0.15) is 5.75 Å². The second-order valence-corrected chi connectivity index (χ2v) is 4.52. The van der Waals surface area contributed by atoms with Crippen LogP contribution in [0, 0.1) is 0 Å². The summed E-state index contributed by atoms with van der Waals surface area (Å²) < 4.78 is 7.53. The lowest BCUT2D eigenvalue weighted by Crippen LogP contribution is -2.11. The maximum Gasteiger partial charge on any atom is 0.122 e. The fraction of sp³-hybridized carbons (Fsp3) is 0.385. The van der Waals surface area contributed by atoms with Gasteiger partial charge in [-0.3, -0.25) is 4.68 Å². The van der Waals surface area contributed by atoms with Crippen LogP contribution < -0.4 is 10.5 Å². The van der Waals surface area contributed by atoms with Crippen molar-refractivity contribution in [2.24, 2.45) is 5.73 Å². The van der Waals surface area contributed by atoms with Gasteiger partial charge < -0.3 is 10.5 Å². The molecule has 1 aromatic carbocycles. The standard InChI is InChI=1S/C13H16N4O/c14-6-5-11-8-17(16-15-11)7-10-9-18-13-4-2-1-3-12(10)13/h1-4,8,10H,5-7,9,14H2. The van der Waals surface area contributed by atoms with Gasteiger partial charge in [0.25, 0.3) is 0 Å². The third kappa shape index (κ3) is 2.09. The van der Waals surface area contributed by atoms with Crippen LogP contribution in [0.25, 0.3) is 0 Å². The zero-order valence-electron chi connectivity index (χ0n) is 10.1. The molecular formula is C13H16N4O. The highest BCUT2D eigenvalue weighted by Gasteiger charge is 2.24. The summed E-state index contributed by atoms with van der Waals surface area (Å²) in [5.74, 6) is 1.35. The molecule has 2 N–H and O–H groups in total. The van der Waals surface area contributed by atoms with E-state index in [1.165, 1.54) is 5.56 Å². The summed E-state index contributed by atoms with van der Waals surface area (Å²) in [5.41, 5.74) is 7.71. The van der Waals surface area contributed by atoms with E-state index in [4.69, 9.17) is 10.5 Å². The summed E-state index contributed by atoms with van der Waals surface area (Å²) in [7, 11) is 0. The van der Waals surface area contributed by atoms with Crippen LogP contribution in [-0.2, 0) is 13.0 Å². The predicted molar refractivity (Wildman–Crippen MR) is 67.5 cm³/mol. The molecule has 0 radical (unpaired) electrons. The molecule has 3 rings (SSSR count). The molecule has 0 amide bonds. The van der Waals surface area contributed by atoms with Gasteiger partial charge in [-0.15, -0.1) is 5.10 Å². The molecule has 2 heterocycles. The van der Waals surface area contributed by atoms with Gasteiger partial charge in [0, 0.05) is 24.1 Å². The minimum atomic E-state index is 0.355. The van der Waals surface area contributed by atoms with Crippen LogP contribution >= 0.6 is 0 Å². The first-order valence-corrected chi connectivity index (χ1v) is 6.17. The number of ether oxygens (including phenoxy) is 1.